The molecule has 244 valence electrons. The van der Waals surface area contributed by atoms with Gasteiger partial charge in [0.1, 0.15) is 24.4 Å². The standard InChI is InChI=1S/C39H52O6/c1-2-3-4-5-6-7-8-9-10-20-27-40-39-37(42-29-32-23-16-12-17-24-32)36(41-28-31-21-14-11-15-22-31)35-34(44-39)30-43-38(45-35)33-25-18-13-19-26-33/h11-19,21-26,34-39H,2-10,20,27-30H2,1H3/t34-,35-,36+,37-,38?,39-/m1/s1. The summed E-state index contributed by atoms with van der Waals surface area (Å²) in [5.74, 6) is 0. The molecule has 6 nitrogen and oxygen atoms in total. The lowest BCUT2D eigenvalue weighted by atomic mass is 9.97. The van der Waals surface area contributed by atoms with Crippen molar-refractivity contribution in [2.24, 2.45) is 0 Å². The molecule has 2 fully saturated rings. The summed E-state index contributed by atoms with van der Waals surface area (Å²) >= 11 is 0. The van der Waals surface area contributed by atoms with Crippen LogP contribution in [0.3, 0.4) is 0 Å². The van der Waals surface area contributed by atoms with Crippen molar-refractivity contribution in [3.8, 4) is 0 Å². The number of rotatable bonds is 19. The summed E-state index contributed by atoms with van der Waals surface area (Å²) in [6, 6.07) is 30.5. The van der Waals surface area contributed by atoms with Gasteiger partial charge in [-0.1, -0.05) is 156 Å². The van der Waals surface area contributed by atoms with E-state index in [1.165, 1.54) is 51.4 Å². The Bertz CT molecular complexity index is 1180. The van der Waals surface area contributed by atoms with E-state index in [1.807, 2.05) is 66.7 Å². The first-order chi connectivity index (χ1) is 22.3. The van der Waals surface area contributed by atoms with Gasteiger partial charge in [-0.25, -0.2) is 0 Å². The summed E-state index contributed by atoms with van der Waals surface area (Å²) in [6.07, 6.45) is 10.1. The maximum absolute atomic E-state index is 6.70. The van der Waals surface area contributed by atoms with Gasteiger partial charge >= 0.3 is 0 Å². The van der Waals surface area contributed by atoms with Gasteiger partial charge < -0.3 is 28.4 Å². The molecular weight excluding hydrogens is 564 g/mol. The van der Waals surface area contributed by atoms with Gasteiger partial charge in [-0.3, -0.25) is 0 Å². The first-order valence-corrected chi connectivity index (χ1v) is 17.2. The van der Waals surface area contributed by atoms with Crippen LogP contribution in [0.1, 0.15) is 94.1 Å². The number of hydrogen-bond donors (Lipinski definition) is 0. The first-order valence-electron chi connectivity index (χ1n) is 17.2. The molecule has 45 heavy (non-hydrogen) atoms. The van der Waals surface area contributed by atoms with Crippen molar-refractivity contribution in [2.75, 3.05) is 13.2 Å². The summed E-state index contributed by atoms with van der Waals surface area (Å²) in [7, 11) is 0. The summed E-state index contributed by atoms with van der Waals surface area (Å²) in [6.45, 7) is 4.13. The molecule has 3 aromatic carbocycles. The highest BCUT2D eigenvalue weighted by Gasteiger charge is 2.51. The molecule has 6 heteroatoms. The van der Waals surface area contributed by atoms with E-state index in [2.05, 4.69) is 31.2 Å². The maximum Gasteiger partial charge on any atom is 0.186 e. The highest BCUT2D eigenvalue weighted by molar-refractivity contribution is 5.17. The maximum atomic E-state index is 6.70. The van der Waals surface area contributed by atoms with E-state index < -0.39 is 24.8 Å². The number of fused-ring (bicyclic) bond motifs is 1. The van der Waals surface area contributed by atoms with Gasteiger partial charge in [0.25, 0.3) is 0 Å². The molecule has 0 radical (unpaired) electrons. The van der Waals surface area contributed by atoms with Gasteiger partial charge in [-0.15, -0.1) is 0 Å². The molecule has 0 N–H and O–H groups in total. The third kappa shape index (κ3) is 10.7. The lowest BCUT2D eigenvalue weighted by Gasteiger charge is -2.49. The third-order valence-corrected chi connectivity index (χ3v) is 8.71. The number of ether oxygens (including phenoxy) is 6. The summed E-state index contributed by atoms with van der Waals surface area (Å²) in [4.78, 5) is 0. The van der Waals surface area contributed by atoms with Gasteiger partial charge in [0.15, 0.2) is 12.6 Å². The topological polar surface area (TPSA) is 55.4 Å². The molecule has 0 amide bonds. The SMILES string of the molecule is CCCCCCCCCCCCO[C@@H]1O[C@@H]2COC(c3ccccc3)O[C@H]2[C@H](OCc2ccccc2)[C@H]1OCc1ccccc1. The van der Waals surface area contributed by atoms with Crippen LogP contribution in [-0.4, -0.2) is 43.9 Å². The van der Waals surface area contributed by atoms with E-state index in [0.717, 1.165) is 29.5 Å². The van der Waals surface area contributed by atoms with Gasteiger partial charge in [0.05, 0.1) is 19.8 Å². The van der Waals surface area contributed by atoms with Gasteiger partial charge in [-0.2, -0.15) is 0 Å². The Morgan fingerprint density at radius 1 is 0.578 bits per heavy atom. The minimum atomic E-state index is -0.588. The van der Waals surface area contributed by atoms with Crippen LogP contribution in [0.4, 0.5) is 0 Å². The fraction of sp³-hybridized carbons (Fsp3) is 0.538. The van der Waals surface area contributed by atoms with Crippen LogP contribution < -0.4 is 0 Å². The molecule has 0 aliphatic carbocycles. The molecule has 2 aliphatic heterocycles. The highest BCUT2D eigenvalue weighted by Crippen LogP contribution is 2.37. The molecule has 1 unspecified atom stereocenters. The first kappa shape index (κ1) is 33.8. The molecule has 3 aromatic rings. The van der Waals surface area contributed by atoms with Crippen molar-refractivity contribution >= 4 is 0 Å². The molecule has 0 spiro atoms. The summed E-state index contributed by atoms with van der Waals surface area (Å²) in [5, 5.41) is 0. The van der Waals surface area contributed by atoms with Crippen LogP contribution in [0.5, 0.6) is 0 Å². The zero-order chi connectivity index (χ0) is 30.9. The van der Waals surface area contributed by atoms with Crippen molar-refractivity contribution in [2.45, 2.75) is 121 Å². The Labute approximate surface area is 270 Å². The number of benzene rings is 3. The molecule has 6 atom stereocenters. The lowest BCUT2D eigenvalue weighted by Crippen LogP contribution is -2.63. The second-order valence-corrected chi connectivity index (χ2v) is 12.3. The second-order valence-electron chi connectivity index (χ2n) is 12.3. The average Bonchev–Trinajstić information content (AvgIpc) is 3.10. The van der Waals surface area contributed by atoms with E-state index in [9.17, 15) is 0 Å². The molecule has 2 heterocycles. The Hall–Kier alpha value is -2.58. The fourth-order valence-electron chi connectivity index (χ4n) is 6.15. The minimum absolute atomic E-state index is 0.333. The molecule has 0 bridgehead atoms. The van der Waals surface area contributed by atoms with Crippen molar-refractivity contribution < 1.29 is 28.4 Å². The van der Waals surface area contributed by atoms with Gasteiger partial charge in [-0.05, 0) is 17.5 Å². The quantitative estimate of drug-likeness (QED) is 0.125. The smallest absolute Gasteiger partial charge is 0.186 e. The predicted molar refractivity (Wildman–Crippen MR) is 177 cm³/mol. The molecule has 0 aromatic heterocycles. The molecular formula is C39H52O6. The van der Waals surface area contributed by atoms with E-state index in [-0.39, 0.29) is 12.2 Å². The monoisotopic (exact) mass is 616 g/mol. The van der Waals surface area contributed by atoms with E-state index in [1.54, 1.807) is 0 Å². The van der Waals surface area contributed by atoms with Gasteiger partial charge in [0.2, 0.25) is 0 Å². The summed E-state index contributed by atoms with van der Waals surface area (Å²) in [5.41, 5.74) is 3.15. The molecule has 2 saturated heterocycles. The zero-order valence-electron chi connectivity index (χ0n) is 27.0. The van der Waals surface area contributed by atoms with Crippen LogP contribution in [0.25, 0.3) is 0 Å². The Balaban J connectivity index is 1.24. The predicted octanol–water partition coefficient (Wildman–Crippen LogP) is 8.93. The Morgan fingerprint density at radius 2 is 1.11 bits per heavy atom. The van der Waals surface area contributed by atoms with E-state index in [4.69, 9.17) is 28.4 Å². The minimum Gasteiger partial charge on any atom is -0.368 e. The van der Waals surface area contributed by atoms with Crippen molar-refractivity contribution in [3.05, 3.63) is 108 Å². The van der Waals surface area contributed by atoms with E-state index in [0.29, 0.717) is 26.4 Å². The Morgan fingerprint density at radius 3 is 1.71 bits per heavy atom. The third-order valence-electron chi connectivity index (χ3n) is 8.71. The van der Waals surface area contributed by atoms with Crippen LogP contribution in [0.15, 0.2) is 91.0 Å². The van der Waals surface area contributed by atoms with Gasteiger partial charge in [0, 0.05) is 12.2 Å². The molecule has 0 saturated carbocycles. The van der Waals surface area contributed by atoms with Crippen LogP contribution in [0.2, 0.25) is 0 Å². The summed E-state index contributed by atoms with van der Waals surface area (Å²) < 4.78 is 39.1. The van der Waals surface area contributed by atoms with E-state index >= 15 is 0 Å². The molecule has 5 rings (SSSR count). The number of hydrogen-bond acceptors (Lipinski definition) is 6. The van der Waals surface area contributed by atoms with Crippen LogP contribution >= 0.6 is 0 Å². The van der Waals surface area contributed by atoms with Crippen molar-refractivity contribution in [3.63, 3.8) is 0 Å². The average molecular weight is 617 g/mol. The Kier molecular flexibility index (Phi) is 14.4. The highest BCUT2D eigenvalue weighted by atomic mass is 16.8. The lowest BCUT2D eigenvalue weighted by molar-refractivity contribution is -0.372. The van der Waals surface area contributed by atoms with Crippen LogP contribution in [0, 0.1) is 0 Å². The van der Waals surface area contributed by atoms with Crippen molar-refractivity contribution in [1.82, 2.24) is 0 Å². The molecule has 2 aliphatic rings. The number of unbranched alkanes of at least 4 members (excludes halogenated alkanes) is 9. The second kappa shape index (κ2) is 19.2. The zero-order valence-corrected chi connectivity index (χ0v) is 27.0. The fourth-order valence-corrected chi connectivity index (χ4v) is 6.15. The normalized spacial score (nSPS) is 24.7. The van der Waals surface area contributed by atoms with Crippen molar-refractivity contribution in [1.29, 1.82) is 0 Å². The largest absolute Gasteiger partial charge is 0.368 e. The van der Waals surface area contributed by atoms with Crippen LogP contribution in [-0.2, 0) is 41.6 Å².